The molecule has 0 aromatic heterocycles. The minimum absolute atomic E-state index is 0.00404. The summed E-state index contributed by atoms with van der Waals surface area (Å²) in [6, 6.07) is 17.7. The molecule has 0 aliphatic carbocycles. The summed E-state index contributed by atoms with van der Waals surface area (Å²) in [5.74, 6) is 0.461. The molecule has 0 aliphatic heterocycles. The Morgan fingerprint density at radius 2 is 1.82 bits per heavy atom. The van der Waals surface area contributed by atoms with Crippen molar-refractivity contribution in [2.45, 2.75) is 18.9 Å². The van der Waals surface area contributed by atoms with Crippen LogP contribution < -0.4 is 15.8 Å². The van der Waals surface area contributed by atoms with Gasteiger partial charge in [-0.15, -0.1) is 0 Å². The maximum atomic E-state index is 10.9. The molecule has 0 fully saturated rings. The monoisotopic (exact) mass is 298 g/mol. The number of carbonyl (C=O) groups is 1. The number of amides is 1. The van der Waals surface area contributed by atoms with Gasteiger partial charge in [-0.05, 0) is 36.9 Å². The van der Waals surface area contributed by atoms with Gasteiger partial charge < -0.3 is 15.8 Å². The van der Waals surface area contributed by atoms with E-state index in [0.29, 0.717) is 0 Å². The van der Waals surface area contributed by atoms with Crippen LogP contribution in [0.4, 0.5) is 0 Å². The number of hydrogen-bond donors (Lipinski definition) is 2. The van der Waals surface area contributed by atoms with Crippen molar-refractivity contribution in [3.05, 3.63) is 65.7 Å². The van der Waals surface area contributed by atoms with Gasteiger partial charge in [-0.1, -0.05) is 42.5 Å². The van der Waals surface area contributed by atoms with Crippen LogP contribution in [-0.2, 0) is 11.2 Å². The molecule has 2 aromatic rings. The molecular weight excluding hydrogens is 276 g/mol. The SMILES string of the molecule is CNCCC(Oc1ccc(CC(N)=O)cc1)c1ccccc1. The molecule has 116 valence electrons. The molecule has 0 saturated heterocycles. The molecule has 4 heteroatoms. The van der Waals surface area contributed by atoms with Crippen LogP contribution in [0.5, 0.6) is 5.75 Å². The number of ether oxygens (including phenoxy) is 1. The van der Waals surface area contributed by atoms with Crippen LogP contribution >= 0.6 is 0 Å². The summed E-state index contributed by atoms with van der Waals surface area (Å²) >= 11 is 0. The van der Waals surface area contributed by atoms with Crippen molar-refractivity contribution in [1.82, 2.24) is 5.32 Å². The smallest absolute Gasteiger partial charge is 0.221 e. The summed E-state index contributed by atoms with van der Waals surface area (Å²) < 4.78 is 6.11. The van der Waals surface area contributed by atoms with Gasteiger partial charge in [-0.3, -0.25) is 4.79 Å². The Kier molecular flexibility index (Phi) is 5.98. The Bertz CT molecular complexity index is 582. The van der Waals surface area contributed by atoms with Gasteiger partial charge in [0.05, 0.1) is 6.42 Å². The number of nitrogens with one attached hydrogen (secondary N) is 1. The second-order valence-corrected chi connectivity index (χ2v) is 5.20. The van der Waals surface area contributed by atoms with E-state index < -0.39 is 0 Å². The molecule has 0 aliphatic rings. The minimum atomic E-state index is -0.329. The van der Waals surface area contributed by atoms with Crippen LogP contribution in [0.3, 0.4) is 0 Å². The summed E-state index contributed by atoms with van der Waals surface area (Å²) in [7, 11) is 1.93. The van der Waals surface area contributed by atoms with Crippen LogP contribution in [-0.4, -0.2) is 19.5 Å². The molecule has 1 atom stereocenters. The topological polar surface area (TPSA) is 64.3 Å². The van der Waals surface area contributed by atoms with Crippen molar-refractivity contribution < 1.29 is 9.53 Å². The zero-order valence-corrected chi connectivity index (χ0v) is 12.8. The zero-order valence-electron chi connectivity index (χ0n) is 12.8. The highest BCUT2D eigenvalue weighted by molar-refractivity contribution is 5.76. The molecule has 2 aromatic carbocycles. The highest BCUT2D eigenvalue weighted by Crippen LogP contribution is 2.24. The first kappa shape index (κ1) is 16.0. The van der Waals surface area contributed by atoms with Gasteiger partial charge in [0.25, 0.3) is 0 Å². The first-order valence-corrected chi connectivity index (χ1v) is 7.42. The van der Waals surface area contributed by atoms with E-state index in [0.717, 1.165) is 29.8 Å². The second-order valence-electron chi connectivity index (χ2n) is 5.20. The highest BCUT2D eigenvalue weighted by atomic mass is 16.5. The molecule has 0 spiro atoms. The van der Waals surface area contributed by atoms with Crippen molar-refractivity contribution >= 4 is 5.91 Å². The van der Waals surface area contributed by atoms with E-state index in [1.54, 1.807) is 0 Å². The molecule has 4 nitrogen and oxygen atoms in total. The number of nitrogens with two attached hydrogens (primary N) is 1. The number of hydrogen-bond acceptors (Lipinski definition) is 3. The van der Waals surface area contributed by atoms with Crippen LogP contribution in [0.1, 0.15) is 23.7 Å². The van der Waals surface area contributed by atoms with Crippen LogP contribution in [0, 0.1) is 0 Å². The van der Waals surface area contributed by atoms with E-state index in [9.17, 15) is 4.79 Å². The van der Waals surface area contributed by atoms with Gasteiger partial charge in [0.15, 0.2) is 0 Å². The average Bonchev–Trinajstić information content (AvgIpc) is 2.53. The van der Waals surface area contributed by atoms with Crippen LogP contribution in [0.2, 0.25) is 0 Å². The zero-order chi connectivity index (χ0) is 15.8. The summed E-state index contributed by atoms with van der Waals surface area (Å²) in [6.45, 7) is 0.874. The lowest BCUT2D eigenvalue weighted by molar-refractivity contribution is -0.117. The van der Waals surface area contributed by atoms with E-state index in [1.807, 2.05) is 49.5 Å². The fraction of sp³-hybridized carbons (Fsp3) is 0.278. The lowest BCUT2D eigenvalue weighted by atomic mass is 10.1. The van der Waals surface area contributed by atoms with E-state index in [4.69, 9.17) is 10.5 Å². The molecule has 1 unspecified atom stereocenters. The molecule has 0 bridgehead atoms. The lowest BCUT2D eigenvalue weighted by Gasteiger charge is -2.20. The van der Waals surface area contributed by atoms with Crippen LogP contribution in [0.25, 0.3) is 0 Å². The quantitative estimate of drug-likeness (QED) is 0.787. The molecule has 0 radical (unpaired) electrons. The fourth-order valence-corrected chi connectivity index (χ4v) is 2.29. The van der Waals surface area contributed by atoms with Crippen molar-refractivity contribution in [3.63, 3.8) is 0 Å². The first-order valence-electron chi connectivity index (χ1n) is 7.42. The summed E-state index contributed by atoms with van der Waals surface area (Å²) in [5.41, 5.74) is 7.24. The highest BCUT2D eigenvalue weighted by Gasteiger charge is 2.12. The summed E-state index contributed by atoms with van der Waals surface area (Å²) in [6.07, 6.45) is 1.13. The fourth-order valence-electron chi connectivity index (χ4n) is 2.29. The Hall–Kier alpha value is -2.33. The number of benzene rings is 2. The Morgan fingerprint density at radius 1 is 1.14 bits per heavy atom. The van der Waals surface area contributed by atoms with Gasteiger partial charge >= 0.3 is 0 Å². The van der Waals surface area contributed by atoms with Crippen molar-refractivity contribution in [1.29, 1.82) is 0 Å². The number of carbonyl (C=O) groups excluding carboxylic acids is 1. The predicted molar refractivity (Wildman–Crippen MR) is 87.7 cm³/mol. The average molecular weight is 298 g/mol. The van der Waals surface area contributed by atoms with Gasteiger partial charge in [0.2, 0.25) is 5.91 Å². The van der Waals surface area contributed by atoms with Gasteiger partial charge in [-0.25, -0.2) is 0 Å². The van der Waals surface area contributed by atoms with E-state index in [2.05, 4.69) is 17.4 Å². The van der Waals surface area contributed by atoms with Crippen molar-refractivity contribution in [2.75, 3.05) is 13.6 Å². The maximum absolute atomic E-state index is 10.9. The molecule has 0 saturated carbocycles. The molecule has 2 rings (SSSR count). The van der Waals surface area contributed by atoms with Gasteiger partial charge in [0.1, 0.15) is 11.9 Å². The van der Waals surface area contributed by atoms with Crippen molar-refractivity contribution in [2.24, 2.45) is 5.73 Å². The molecular formula is C18H22N2O2. The van der Waals surface area contributed by atoms with E-state index in [1.165, 1.54) is 0 Å². The van der Waals surface area contributed by atoms with E-state index in [-0.39, 0.29) is 18.4 Å². The molecule has 0 heterocycles. The maximum Gasteiger partial charge on any atom is 0.221 e. The Morgan fingerprint density at radius 3 is 2.41 bits per heavy atom. The van der Waals surface area contributed by atoms with E-state index >= 15 is 0 Å². The van der Waals surface area contributed by atoms with Gasteiger partial charge in [-0.2, -0.15) is 0 Å². The normalized spacial score (nSPS) is 11.9. The standard InChI is InChI=1S/C18H22N2O2/c1-20-12-11-17(15-5-3-2-4-6-15)22-16-9-7-14(8-10-16)13-18(19)21/h2-10,17,20H,11-13H2,1H3,(H2,19,21). The third kappa shape index (κ3) is 4.90. The predicted octanol–water partition coefficient (Wildman–Crippen LogP) is 2.44. The summed E-state index contributed by atoms with van der Waals surface area (Å²) in [5, 5.41) is 3.15. The van der Waals surface area contributed by atoms with Crippen molar-refractivity contribution in [3.8, 4) is 5.75 Å². The largest absolute Gasteiger partial charge is 0.486 e. The molecule has 3 N–H and O–H groups in total. The lowest BCUT2D eigenvalue weighted by Crippen LogP contribution is -2.16. The second kappa shape index (κ2) is 8.20. The Labute approximate surface area is 131 Å². The molecule has 1 amide bonds. The van der Waals surface area contributed by atoms with Gasteiger partial charge in [0, 0.05) is 6.42 Å². The third-order valence-corrected chi connectivity index (χ3v) is 3.41. The minimum Gasteiger partial charge on any atom is -0.486 e. The third-order valence-electron chi connectivity index (χ3n) is 3.41. The number of primary amides is 1. The number of rotatable bonds is 8. The van der Waals surface area contributed by atoms with Crippen LogP contribution in [0.15, 0.2) is 54.6 Å². The Balaban J connectivity index is 2.08. The summed E-state index contributed by atoms with van der Waals surface area (Å²) in [4.78, 5) is 10.9. The first-order chi connectivity index (χ1) is 10.7. The molecule has 22 heavy (non-hydrogen) atoms.